The number of rotatable bonds is 9. The summed E-state index contributed by atoms with van der Waals surface area (Å²) in [5.41, 5.74) is 0. The molecular weight excluding hydrogens is 386 g/mol. The van der Waals surface area contributed by atoms with Crippen LogP contribution in [-0.4, -0.2) is 64.9 Å². The average Bonchev–Trinajstić information content (AvgIpc) is 2.59. The third-order valence-corrected chi connectivity index (χ3v) is 5.15. The van der Waals surface area contributed by atoms with E-state index in [0.29, 0.717) is 0 Å². The smallest absolute Gasteiger partial charge is 0.307 e. The van der Waals surface area contributed by atoms with Gasteiger partial charge in [-0.3, -0.25) is 14.4 Å². The Hall–Kier alpha value is -2.17. The summed E-state index contributed by atoms with van der Waals surface area (Å²) in [5.74, 6) is -1.67. The summed E-state index contributed by atoms with van der Waals surface area (Å²) in [6, 6.07) is 5.89. The minimum atomic E-state index is -3.86. The number of nitrogens with zero attached hydrogens (tertiary/aromatic N) is 1. The van der Waals surface area contributed by atoms with E-state index in [1.54, 1.807) is 6.07 Å². The van der Waals surface area contributed by atoms with Crippen molar-refractivity contribution in [1.82, 2.24) is 14.9 Å². The summed E-state index contributed by atoms with van der Waals surface area (Å²) < 4.78 is 31.1. The molecule has 0 atom stereocenters. The number of carbonyl (C=O) groups is 3. The van der Waals surface area contributed by atoms with Gasteiger partial charge in [0.05, 0.1) is 18.0 Å². The van der Waals surface area contributed by atoms with Crippen molar-refractivity contribution in [3.05, 3.63) is 29.3 Å². The molecule has 0 aromatic heterocycles. The molecule has 0 aliphatic heterocycles. The number of sulfonamides is 1. The van der Waals surface area contributed by atoms with Crippen molar-refractivity contribution >= 4 is 39.4 Å². The third-order valence-electron chi connectivity index (χ3n) is 3.19. The van der Waals surface area contributed by atoms with E-state index in [2.05, 4.69) is 10.0 Å². The van der Waals surface area contributed by atoms with Crippen LogP contribution in [0.15, 0.2) is 29.2 Å². The van der Waals surface area contributed by atoms with Crippen LogP contribution in [0.25, 0.3) is 0 Å². The molecule has 0 fully saturated rings. The van der Waals surface area contributed by atoms with E-state index < -0.39 is 28.5 Å². The van der Waals surface area contributed by atoms with E-state index in [9.17, 15) is 22.8 Å². The average molecular weight is 406 g/mol. The summed E-state index contributed by atoms with van der Waals surface area (Å²) in [4.78, 5) is 35.5. The number of hydrogen-bond donors (Lipinski definition) is 2. The largest absolute Gasteiger partial charge is 0.456 e. The summed E-state index contributed by atoms with van der Waals surface area (Å²) >= 11 is 5.83. The summed E-state index contributed by atoms with van der Waals surface area (Å²) in [6.45, 7) is -0.914. The van der Waals surface area contributed by atoms with Crippen LogP contribution in [0.5, 0.6) is 0 Å². The fourth-order valence-electron chi connectivity index (χ4n) is 1.74. The third kappa shape index (κ3) is 6.98. The van der Waals surface area contributed by atoms with Crippen molar-refractivity contribution in [2.24, 2.45) is 0 Å². The lowest BCUT2D eigenvalue weighted by atomic mass is 10.4. The molecule has 0 radical (unpaired) electrons. The lowest BCUT2D eigenvalue weighted by molar-refractivity contribution is -0.151. The number of nitrogens with one attached hydrogen (secondary N) is 2. The number of amides is 2. The van der Waals surface area contributed by atoms with E-state index in [0.717, 1.165) is 4.90 Å². The Kier molecular flexibility index (Phi) is 8.49. The molecule has 1 aromatic rings. The number of halogens is 1. The second-order valence-electron chi connectivity index (χ2n) is 5.16. The molecule has 9 nitrogen and oxygen atoms in total. The van der Waals surface area contributed by atoms with Crippen LogP contribution in [0.3, 0.4) is 0 Å². The van der Waals surface area contributed by atoms with Gasteiger partial charge in [0, 0.05) is 20.6 Å². The van der Waals surface area contributed by atoms with Crippen molar-refractivity contribution in [3.8, 4) is 0 Å². The van der Waals surface area contributed by atoms with Gasteiger partial charge in [-0.1, -0.05) is 23.7 Å². The van der Waals surface area contributed by atoms with E-state index in [4.69, 9.17) is 16.3 Å². The zero-order valence-electron chi connectivity index (χ0n) is 14.3. The molecule has 0 saturated carbocycles. The molecule has 0 unspecified atom stereocenters. The maximum Gasteiger partial charge on any atom is 0.307 e. The van der Waals surface area contributed by atoms with Gasteiger partial charge in [-0.05, 0) is 12.1 Å². The highest BCUT2D eigenvalue weighted by Crippen LogP contribution is 2.19. The first-order chi connectivity index (χ1) is 12.2. The standard InChI is InChI=1S/C15H20ClN3O6S/c1-17-13(20)9-19(2)14(21)10-25-15(22)7-8-18-26(23,24)12-6-4-3-5-11(12)16/h3-6,18H,7-10H2,1-2H3,(H,17,20). The van der Waals surface area contributed by atoms with E-state index in [-0.39, 0.29) is 35.3 Å². The normalized spacial score (nSPS) is 10.9. The zero-order valence-corrected chi connectivity index (χ0v) is 15.9. The number of ether oxygens (including phenoxy) is 1. The molecule has 0 aliphatic carbocycles. The number of benzene rings is 1. The predicted molar refractivity (Wildman–Crippen MR) is 93.9 cm³/mol. The Balaban J connectivity index is 2.40. The van der Waals surface area contributed by atoms with Gasteiger partial charge in [-0.15, -0.1) is 0 Å². The van der Waals surface area contributed by atoms with Crippen molar-refractivity contribution in [2.75, 3.05) is 33.8 Å². The van der Waals surface area contributed by atoms with Gasteiger partial charge in [0.25, 0.3) is 5.91 Å². The lowest BCUT2D eigenvalue weighted by Crippen LogP contribution is -2.39. The Morgan fingerprint density at radius 3 is 2.50 bits per heavy atom. The van der Waals surface area contributed by atoms with E-state index in [1.807, 2.05) is 0 Å². The van der Waals surface area contributed by atoms with Gasteiger partial charge in [-0.2, -0.15) is 0 Å². The Labute approximate surface area is 156 Å². The molecule has 11 heteroatoms. The molecule has 2 amide bonds. The minimum Gasteiger partial charge on any atom is -0.456 e. The van der Waals surface area contributed by atoms with Gasteiger partial charge >= 0.3 is 5.97 Å². The van der Waals surface area contributed by atoms with Crippen LogP contribution in [0.4, 0.5) is 0 Å². The van der Waals surface area contributed by atoms with Gasteiger partial charge in [0.1, 0.15) is 4.90 Å². The summed E-state index contributed by atoms with van der Waals surface area (Å²) in [7, 11) is -1.03. The minimum absolute atomic E-state index is 0.0623. The Morgan fingerprint density at radius 2 is 1.88 bits per heavy atom. The molecule has 0 saturated heterocycles. The van der Waals surface area contributed by atoms with Gasteiger partial charge in [0.2, 0.25) is 15.9 Å². The molecule has 1 rings (SSSR count). The zero-order chi connectivity index (χ0) is 19.7. The highest BCUT2D eigenvalue weighted by molar-refractivity contribution is 7.89. The topological polar surface area (TPSA) is 122 Å². The first kappa shape index (κ1) is 21.9. The van der Waals surface area contributed by atoms with E-state index >= 15 is 0 Å². The highest BCUT2D eigenvalue weighted by atomic mass is 35.5. The summed E-state index contributed by atoms with van der Waals surface area (Å²) in [6.07, 6.45) is -0.268. The molecule has 144 valence electrons. The van der Waals surface area contributed by atoms with Crippen LogP contribution < -0.4 is 10.0 Å². The monoisotopic (exact) mass is 405 g/mol. The fourth-order valence-corrected chi connectivity index (χ4v) is 3.28. The van der Waals surface area contributed by atoms with Gasteiger partial charge < -0.3 is 15.0 Å². The molecule has 0 heterocycles. The Morgan fingerprint density at radius 1 is 1.23 bits per heavy atom. The van der Waals surface area contributed by atoms with Crippen molar-refractivity contribution in [1.29, 1.82) is 0 Å². The van der Waals surface area contributed by atoms with Crippen LogP contribution in [0.1, 0.15) is 6.42 Å². The molecule has 0 aliphatic rings. The lowest BCUT2D eigenvalue weighted by Gasteiger charge is -2.15. The first-order valence-corrected chi connectivity index (χ1v) is 9.38. The maximum absolute atomic E-state index is 12.1. The highest BCUT2D eigenvalue weighted by Gasteiger charge is 2.18. The number of carbonyl (C=O) groups excluding carboxylic acids is 3. The van der Waals surface area contributed by atoms with Crippen LogP contribution >= 0.6 is 11.6 Å². The maximum atomic E-state index is 12.1. The number of esters is 1. The molecular formula is C15H20ClN3O6S. The molecule has 1 aromatic carbocycles. The van der Waals surface area contributed by atoms with Crippen LogP contribution in [0.2, 0.25) is 5.02 Å². The van der Waals surface area contributed by atoms with Crippen molar-refractivity contribution < 1.29 is 27.5 Å². The number of hydrogen-bond acceptors (Lipinski definition) is 6. The van der Waals surface area contributed by atoms with Crippen molar-refractivity contribution in [3.63, 3.8) is 0 Å². The molecule has 26 heavy (non-hydrogen) atoms. The fraction of sp³-hybridized carbons (Fsp3) is 0.400. The molecule has 0 bridgehead atoms. The van der Waals surface area contributed by atoms with Crippen LogP contribution in [0, 0.1) is 0 Å². The second kappa shape index (κ2) is 10.1. The van der Waals surface area contributed by atoms with E-state index in [1.165, 1.54) is 32.3 Å². The predicted octanol–water partition coefficient (Wildman–Crippen LogP) is -0.244. The second-order valence-corrected chi connectivity index (χ2v) is 7.30. The van der Waals surface area contributed by atoms with Gasteiger partial charge in [-0.25, -0.2) is 13.1 Å². The first-order valence-electron chi connectivity index (χ1n) is 7.51. The van der Waals surface area contributed by atoms with Crippen LogP contribution in [-0.2, 0) is 29.1 Å². The quantitative estimate of drug-likeness (QED) is 0.546. The van der Waals surface area contributed by atoms with Crippen molar-refractivity contribution in [2.45, 2.75) is 11.3 Å². The Bertz CT molecular complexity index is 768. The summed E-state index contributed by atoms with van der Waals surface area (Å²) in [5, 5.41) is 2.42. The number of likely N-dealkylation sites (N-methyl/N-ethyl adjacent to an activating group) is 2. The molecule has 2 N–H and O–H groups in total. The molecule has 0 spiro atoms. The SMILES string of the molecule is CNC(=O)CN(C)C(=O)COC(=O)CCNS(=O)(=O)c1ccccc1Cl. The van der Waals surface area contributed by atoms with Gasteiger partial charge in [0.15, 0.2) is 6.61 Å².